The molecule has 0 amide bonds. The standard InChI is InChI=1S/C48H30N2O/c1-4-14-31(15-5-1)35-25-26-39(38-23-13-12-22-37(35)38)40-27-28-41(47-46(40)45-36-21-11-10-16-32(36)24-29-44(45)51-47)43-30-42(33-17-6-2-7-18-33)49-48(50-43)34-19-8-3-9-20-34/h1-30H. The number of hydrogen-bond acceptors (Lipinski definition) is 3. The molecule has 0 spiro atoms. The van der Waals surface area contributed by atoms with E-state index in [-0.39, 0.29) is 0 Å². The molecule has 238 valence electrons. The van der Waals surface area contributed by atoms with Gasteiger partial charge >= 0.3 is 0 Å². The Morgan fingerprint density at radius 1 is 0.353 bits per heavy atom. The fraction of sp³-hybridized carbons (Fsp3) is 0. The van der Waals surface area contributed by atoms with Crippen molar-refractivity contribution in [3.8, 4) is 56.2 Å². The van der Waals surface area contributed by atoms with Crippen LogP contribution in [0.5, 0.6) is 0 Å². The van der Waals surface area contributed by atoms with Gasteiger partial charge in [0.2, 0.25) is 0 Å². The number of aromatic nitrogens is 2. The van der Waals surface area contributed by atoms with Gasteiger partial charge in [0.1, 0.15) is 11.2 Å². The van der Waals surface area contributed by atoms with Crippen molar-refractivity contribution in [2.24, 2.45) is 0 Å². The Morgan fingerprint density at radius 2 is 0.902 bits per heavy atom. The molecule has 0 bridgehead atoms. The van der Waals surface area contributed by atoms with Crippen molar-refractivity contribution in [3.05, 3.63) is 182 Å². The number of fused-ring (bicyclic) bond motifs is 6. The molecule has 0 aliphatic rings. The van der Waals surface area contributed by atoms with Crippen LogP contribution in [0, 0.1) is 0 Å². The summed E-state index contributed by atoms with van der Waals surface area (Å²) in [7, 11) is 0. The summed E-state index contributed by atoms with van der Waals surface area (Å²) >= 11 is 0. The first kappa shape index (κ1) is 29.1. The Labute approximate surface area is 295 Å². The van der Waals surface area contributed by atoms with Crippen LogP contribution in [0.4, 0.5) is 0 Å². The van der Waals surface area contributed by atoms with Crippen LogP contribution in [0.1, 0.15) is 0 Å². The molecule has 0 radical (unpaired) electrons. The van der Waals surface area contributed by atoms with Crippen LogP contribution < -0.4 is 0 Å². The van der Waals surface area contributed by atoms with Crippen LogP contribution in [0.25, 0.3) is 99.6 Å². The molecule has 10 rings (SSSR count). The molecule has 10 aromatic rings. The van der Waals surface area contributed by atoms with E-state index in [0.29, 0.717) is 5.82 Å². The highest BCUT2D eigenvalue weighted by molar-refractivity contribution is 6.26. The van der Waals surface area contributed by atoms with Crippen LogP contribution in [-0.4, -0.2) is 9.97 Å². The smallest absolute Gasteiger partial charge is 0.160 e. The first-order chi connectivity index (χ1) is 25.3. The second kappa shape index (κ2) is 11.9. The van der Waals surface area contributed by atoms with E-state index in [1.165, 1.54) is 27.3 Å². The zero-order valence-corrected chi connectivity index (χ0v) is 27.6. The maximum Gasteiger partial charge on any atom is 0.160 e. The third kappa shape index (κ3) is 4.90. The molecule has 3 nitrogen and oxygen atoms in total. The van der Waals surface area contributed by atoms with Gasteiger partial charge in [0.25, 0.3) is 0 Å². The summed E-state index contributed by atoms with van der Waals surface area (Å²) in [6.45, 7) is 0. The number of hydrogen-bond donors (Lipinski definition) is 0. The van der Waals surface area contributed by atoms with E-state index >= 15 is 0 Å². The Hall–Kier alpha value is -6.84. The fourth-order valence-electron chi connectivity index (χ4n) is 7.53. The average molecular weight is 651 g/mol. The van der Waals surface area contributed by atoms with Crippen LogP contribution in [0.2, 0.25) is 0 Å². The normalized spacial score (nSPS) is 11.5. The van der Waals surface area contributed by atoms with Gasteiger partial charge in [-0.25, -0.2) is 9.97 Å². The van der Waals surface area contributed by atoms with E-state index in [1.54, 1.807) is 0 Å². The van der Waals surface area contributed by atoms with E-state index in [0.717, 1.165) is 66.5 Å². The lowest BCUT2D eigenvalue weighted by Gasteiger charge is -2.15. The van der Waals surface area contributed by atoms with Gasteiger partial charge in [-0.15, -0.1) is 0 Å². The van der Waals surface area contributed by atoms with Crippen molar-refractivity contribution in [3.63, 3.8) is 0 Å². The van der Waals surface area contributed by atoms with Gasteiger partial charge in [-0.05, 0) is 62.0 Å². The number of nitrogens with zero attached hydrogens (tertiary/aromatic N) is 2. The minimum Gasteiger partial charge on any atom is -0.455 e. The summed E-state index contributed by atoms with van der Waals surface area (Å²) in [6.07, 6.45) is 0. The van der Waals surface area contributed by atoms with Gasteiger partial charge in [-0.3, -0.25) is 0 Å². The molecule has 51 heavy (non-hydrogen) atoms. The molecule has 0 N–H and O–H groups in total. The lowest BCUT2D eigenvalue weighted by atomic mass is 9.89. The van der Waals surface area contributed by atoms with E-state index in [2.05, 4.69) is 146 Å². The van der Waals surface area contributed by atoms with Gasteiger partial charge in [-0.2, -0.15) is 0 Å². The van der Waals surface area contributed by atoms with Gasteiger partial charge in [0, 0.05) is 27.5 Å². The first-order valence-electron chi connectivity index (χ1n) is 17.2. The van der Waals surface area contributed by atoms with Crippen molar-refractivity contribution >= 4 is 43.5 Å². The van der Waals surface area contributed by atoms with E-state index in [4.69, 9.17) is 14.4 Å². The maximum atomic E-state index is 6.94. The number of benzene rings is 8. The van der Waals surface area contributed by atoms with Crippen molar-refractivity contribution in [1.82, 2.24) is 9.97 Å². The molecule has 0 saturated carbocycles. The van der Waals surface area contributed by atoms with Crippen LogP contribution in [-0.2, 0) is 0 Å². The molecule has 0 unspecified atom stereocenters. The number of furan rings is 1. The predicted octanol–water partition coefficient (Wildman–Crippen LogP) is 13.0. The zero-order chi connectivity index (χ0) is 33.7. The molecule has 2 aromatic heterocycles. The minimum atomic E-state index is 0.674. The summed E-state index contributed by atoms with van der Waals surface area (Å²) < 4.78 is 6.94. The lowest BCUT2D eigenvalue weighted by molar-refractivity contribution is 0.670. The van der Waals surface area contributed by atoms with Crippen molar-refractivity contribution < 1.29 is 4.42 Å². The van der Waals surface area contributed by atoms with Crippen LogP contribution in [0.3, 0.4) is 0 Å². The molecule has 2 heterocycles. The van der Waals surface area contributed by atoms with Crippen LogP contribution >= 0.6 is 0 Å². The fourth-order valence-corrected chi connectivity index (χ4v) is 7.53. The summed E-state index contributed by atoms with van der Waals surface area (Å²) in [5, 5.41) is 6.94. The Bertz CT molecular complexity index is 2840. The average Bonchev–Trinajstić information content (AvgIpc) is 3.61. The highest BCUT2D eigenvalue weighted by Crippen LogP contribution is 2.46. The van der Waals surface area contributed by atoms with Gasteiger partial charge in [0.15, 0.2) is 5.82 Å². The maximum absolute atomic E-state index is 6.94. The summed E-state index contributed by atoms with van der Waals surface area (Å²) in [5.74, 6) is 0.674. The second-order valence-corrected chi connectivity index (χ2v) is 12.9. The topological polar surface area (TPSA) is 38.9 Å². The summed E-state index contributed by atoms with van der Waals surface area (Å²) in [4.78, 5) is 10.3. The Morgan fingerprint density at radius 3 is 1.65 bits per heavy atom. The molecule has 0 aliphatic heterocycles. The van der Waals surface area contributed by atoms with Crippen molar-refractivity contribution in [2.45, 2.75) is 0 Å². The third-order valence-electron chi connectivity index (χ3n) is 9.91. The van der Waals surface area contributed by atoms with E-state index < -0.39 is 0 Å². The molecule has 0 saturated heterocycles. The molecule has 0 aliphatic carbocycles. The molecule has 0 atom stereocenters. The van der Waals surface area contributed by atoms with Gasteiger partial charge < -0.3 is 4.42 Å². The highest BCUT2D eigenvalue weighted by atomic mass is 16.3. The Balaban J connectivity index is 1.29. The Kier molecular flexibility index (Phi) is 6.81. The van der Waals surface area contributed by atoms with Crippen molar-refractivity contribution in [2.75, 3.05) is 0 Å². The molecule has 3 heteroatoms. The van der Waals surface area contributed by atoms with Crippen LogP contribution in [0.15, 0.2) is 186 Å². The largest absolute Gasteiger partial charge is 0.455 e. The third-order valence-corrected chi connectivity index (χ3v) is 9.91. The zero-order valence-electron chi connectivity index (χ0n) is 27.6. The monoisotopic (exact) mass is 650 g/mol. The highest BCUT2D eigenvalue weighted by Gasteiger charge is 2.22. The van der Waals surface area contributed by atoms with Gasteiger partial charge in [-0.1, -0.05) is 164 Å². The molecule has 8 aromatic carbocycles. The van der Waals surface area contributed by atoms with E-state index in [1.807, 2.05) is 36.4 Å². The SMILES string of the molecule is c1ccc(-c2cc(-c3ccc(-c4ccc(-c5ccccc5)c5ccccc45)c4c3oc3ccc5ccccc5c34)nc(-c3ccccc3)n2)cc1. The summed E-state index contributed by atoms with van der Waals surface area (Å²) in [5.41, 5.74) is 11.0. The van der Waals surface area contributed by atoms with Gasteiger partial charge in [0.05, 0.1) is 11.4 Å². The summed E-state index contributed by atoms with van der Waals surface area (Å²) in [6, 6.07) is 63.7. The predicted molar refractivity (Wildman–Crippen MR) is 212 cm³/mol. The number of rotatable bonds is 5. The molecule has 0 fully saturated rings. The minimum absolute atomic E-state index is 0.674. The first-order valence-corrected chi connectivity index (χ1v) is 17.2. The molecular formula is C48H30N2O. The quantitative estimate of drug-likeness (QED) is 0.186. The van der Waals surface area contributed by atoms with Crippen molar-refractivity contribution in [1.29, 1.82) is 0 Å². The lowest BCUT2D eigenvalue weighted by Crippen LogP contribution is -1.96. The second-order valence-electron chi connectivity index (χ2n) is 12.9. The molecular weight excluding hydrogens is 621 g/mol. The van der Waals surface area contributed by atoms with E-state index in [9.17, 15) is 0 Å².